The zero-order valence-corrected chi connectivity index (χ0v) is 12.2. The third kappa shape index (κ3) is 4.38. The minimum atomic E-state index is -0.222. The van der Waals surface area contributed by atoms with Gasteiger partial charge in [-0.05, 0) is 30.7 Å². The molecule has 1 N–H and O–H groups in total. The van der Waals surface area contributed by atoms with Crippen molar-refractivity contribution >= 4 is 0 Å². The highest BCUT2D eigenvalue weighted by Gasteiger charge is 2.05. The van der Waals surface area contributed by atoms with Crippen molar-refractivity contribution in [3.05, 3.63) is 58.9 Å². The van der Waals surface area contributed by atoms with Crippen LogP contribution >= 0.6 is 0 Å². The molecule has 0 spiro atoms. The van der Waals surface area contributed by atoms with Gasteiger partial charge in [0.25, 0.3) is 0 Å². The van der Waals surface area contributed by atoms with E-state index in [0.29, 0.717) is 12.5 Å². The van der Waals surface area contributed by atoms with Crippen molar-refractivity contribution in [2.75, 3.05) is 0 Å². The number of hydrogen-bond donors (Lipinski definition) is 1. The largest absolute Gasteiger partial charge is 0.309 e. The molecule has 0 fully saturated rings. The summed E-state index contributed by atoms with van der Waals surface area (Å²) in [7, 11) is 0. The van der Waals surface area contributed by atoms with Gasteiger partial charge in [0.05, 0.1) is 5.69 Å². The van der Waals surface area contributed by atoms with E-state index in [4.69, 9.17) is 0 Å². The molecule has 0 bridgehead atoms. The Labute approximate surface area is 119 Å². The van der Waals surface area contributed by atoms with Crippen LogP contribution in [0.15, 0.2) is 30.3 Å². The molecule has 0 unspecified atom stereocenters. The maximum Gasteiger partial charge on any atom is 0.133 e. The summed E-state index contributed by atoms with van der Waals surface area (Å²) in [6.07, 6.45) is 0.622. The van der Waals surface area contributed by atoms with E-state index in [9.17, 15) is 4.39 Å². The Morgan fingerprint density at radius 1 is 1.15 bits per heavy atom. The number of rotatable bonds is 5. The van der Waals surface area contributed by atoms with E-state index < -0.39 is 0 Å². The molecular weight excluding hydrogens is 253 g/mol. The number of halogens is 1. The average molecular weight is 273 g/mol. The molecule has 1 aromatic heterocycles. The van der Waals surface area contributed by atoms with Crippen molar-refractivity contribution in [2.45, 2.75) is 39.8 Å². The first-order chi connectivity index (χ1) is 9.52. The van der Waals surface area contributed by atoms with Crippen molar-refractivity contribution in [3.8, 4) is 0 Å². The van der Waals surface area contributed by atoms with Crippen molar-refractivity contribution in [1.82, 2.24) is 15.3 Å². The van der Waals surface area contributed by atoms with Crippen LogP contribution in [0.2, 0.25) is 0 Å². The first-order valence-corrected chi connectivity index (χ1v) is 6.84. The Morgan fingerprint density at radius 3 is 2.50 bits per heavy atom. The predicted molar refractivity (Wildman–Crippen MR) is 78.0 cm³/mol. The Hall–Kier alpha value is -1.81. The predicted octanol–water partition coefficient (Wildman–Crippen LogP) is 3.01. The zero-order valence-electron chi connectivity index (χ0n) is 12.2. The van der Waals surface area contributed by atoms with Gasteiger partial charge in [0.1, 0.15) is 11.6 Å². The number of benzene rings is 1. The summed E-state index contributed by atoms with van der Waals surface area (Å²) in [4.78, 5) is 9.00. The molecular formula is C16H20FN3. The maximum atomic E-state index is 12.9. The fraction of sp³-hybridized carbons (Fsp3) is 0.375. The normalized spacial score (nSPS) is 11.1. The first-order valence-electron chi connectivity index (χ1n) is 6.84. The molecule has 4 heteroatoms. The molecule has 0 aliphatic heterocycles. The van der Waals surface area contributed by atoms with E-state index >= 15 is 0 Å². The molecule has 3 nitrogen and oxygen atoms in total. The van der Waals surface area contributed by atoms with E-state index in [1.54, 1.807) is 12.1 Å². The number of aryl methyl sites for hydroxylation is 1. The Kier molecular flexibility index (Phi) is 4.79. The van der Waals surface area contributed by atoms with Gasteiger partial charge >= 0.3 is 0 Å². The number of nitrogens with one attached hydrogen (secondary N) is 1. The van der Waals surface area contributed by atoms with Gasteiger partial charge in [-0.25, -0.2) is 14.4 Å². The van der Waals surface area contributed by atoms with E-state index in [1.165, 1.54) is 12.1 Å². The third-order valence-corrected chi connectivity index (χ3v) is 2.92. The molecule has 20 heavy (non-hydrogen) atoms. The molecule has 0 aliphatic rings. The summed E-state index contributed by atoms with van der Waals surface area (Å²) in [5.41, 5.74) is 2.96. The van der Waals surface area contributed by atoms with Crippen LogP contribution in [0.1, 0.15) is 36.6 Å². The second kappa shape index (κ2) is 6.57. The van der Waals surface area contributed by atoms with Crippen LogP contribution in [0, 0.1) is 12.7 Å². The minimum absolute atomic E-state index is 0.222. The molecule has 2 aromatic rings. The average Bonchev–Trinajstić information content (AvgIpc) is 2.38. The van der Waals surface area contributed by atoms with Crippen LogP contribution in [-0.2, 0) is 13.0 Å². The molecule has 1 aromatic carbocycles. The summed E-state index contributed by atoms with van der Waals surface area (Å²) in [6.45, 7) is 6.91. The lowest BCUT2D eigenvalue weighted by atomic mass is 10.1. The van der Waals surface area contributed by atoms with Crippen LogP contribution in [0.25, 0.3) is 0 Å². The Balaban J connectivity index is 2.13. The molecule has 1 heterocycles. The summed E-state index contributed by atoms with van der Waals surface area (Å²) in [5.74, 6) is 0.554. The van der Waals surface area contributed by atoms with Gasteiger partial charge in [0.2, 0.25) is 0 Å². The van der Waals surface area contributed by atoms with Crippen LogP contribution in [0.5, 0.6) is 0 Å². The van der Waals surface area contributed by atoms with Crippen LogP contribution < -0.4 is 5.32 Å². The van der Waals surface area contributed by atoms with Gasteiger partial charge in [-0.15, -0.1) is 0 Å². The first kappa shape index (κ1) is 14.6. The van der Waals surface area contributed by atoms with E-state index in [-0.39, 0.29) is 5.82 Å². The summed E-state index contributed by atoms with van der Waals surface area (Å²) in [5, 5.41) is 3.35. The summed E-state index contributed by atoms with van der Waals surface area (Å²) >= 11 is 0. The van der Waals surface area contributed by atoms with Gasteiger partial charge in [-0.2, -0.15) is 0 Å². The van der Waals surface area contributed by atoms with E-state index in [0.717, 1.165) is 29.3 Å². The topological polar surface area (TPSA) is 37.8 Å². The fourth-order valence-corrected chi connectivity index (χ4v) is 1.96. The fourth-order valence-electron chi connectivity index (χ4n) is 1.96. The third-order valence-electron chi connectivity index (χ3n) is 2.92. The molecule has 0 saturated carbocycles. The van der Waals surface area contributed by atoms with Gasteiger partial charge < -0.3 is 5.32 Å². The van der Waals surface area contributed by atoms with Crippen molar-refractivity contribution in [1.29, 1.82) is 0 Å². The van der Waals surface area contributed by atoms with E-state index in [1.807, 2.05) is 13.0 Å². The highest BCUT2D eigenvalue weighted by Crippen LogP contribution is 2.09. The smallest absolute Gasteiger partial charge is 0.133 e. The highest BCUT2D eigenvalue weighted by molar-refractivity contribution is 5.21. The molecule has 0 saturated heterocycles. The van der Waals surface area contributed by atoms with Crippen molar-refractivity contribution in [2.24, 2.45) is 0 Å². The van der Waals surface area contributed by atoms with Gasteiger partial charge in [0, 0.05) is 24.7 Å². The molecule has 0 amide bonds. The Morgan fingerprint density at radius 2 is 1.85 bits per heavy atom. The van der Waals surface area contributed by atoms with Crippen LogP contribution in [0.3, 0.4) is 0 Å². The van der Waals surface area contributed by atoms with Crippen LogP contribution in [0.4, 0.5) is 4.39 Å². The van der Waals surface area contributed by atoms with Gasteiger partial charge in [0.15, 0.2) is 0 Å². The summed E-state index contributed by atoms with van der Waals surface area (Å²) < 4.78 is 12.9. The van der Waals surface area contributed by atoms with Gasteiger partial charge in [-0.3, -0.25) is 0 Å². The minimum Gasteiger partial charge on any atom is -0.309 e. The number of hydrogen-bond acceptors (Lipinski definition) is 3. The SMILES string of the molecule is Cc1cc(CNC(C)C)nc(Cc2ccc(F)cc2)n1. The Bertz CT molecular complexity index is 564. The molecule has 2 rings (SSSR count). The quantitative estimate of drug-likeness (QED) is 0.910. The summed E-state index contributed by atoms with van der Waals surface area (Å²) in [6, 6.07) is 8.88. The zero-order chi connectivity index (χ0) is 14.5. The van der Waals surface area contributed by atoms with E-state index in [2.05, 4.69) is 29.1 Å². The second-order valence-electron chi connectivity index (χ2n) is 5.26. The lowest BCUT2D eigenvalue weighted by Crippen LogP contribution is -2.23. The molecule has 0 aliphatic carbocycles. The number of nitrogens with zero attached hydrogens (tertiary/aromatic N) is 2. The molecule has 106 valence electrons. The number of aromatic nitrogens is 2. The highest BCUT2D eigenvalue weighted by atomic mass is 19.1. The molecule has 0 radical (unpaired) electrons. The molecule has 0 atom stereocenters. The van der Waals surface area contributed by atoms with Crippen LogP contribution in [-0.4, -0.2) is 16.0 Å². The van der Waals surface area contributed by atoms with Crippen molar-refractivity contribution < 1.29 is 4.39 Å². The lowest BCUT2D eigenvalue weighted by Gasteiger charge is -2.09. The maximum absolute atomic E-state index is 12.9. The van der Waals surface area contributed by atoms with Gasteiger partial charge in [-0.1, -0.05) is 26.0 Å². The second-order valence-corrected chi connectivity index (χ2v) is 5.26. The standard InChI is InChI=1S/C16H20FN3/c1-11(2)18-10-15-8-12(3)19-16(20-15)9-13-4-6-14(17)7-5-13/h4-8,11,18H,9-10H2,1-3H3. The van der Waals surface area contributed by atoms with Crippen molar-refractivity contribution in [3.63, 3.8) is 0 Å². The lowest BCUT2D eigenvalue weighted by molar-refractivity contribution is 0.578. The monoisotopic (exact) mass is 273 g/mol.